The number of aliphatic hydroxyl groups excluding tert-OH is 1. The molecule has 2 N–H and O–H groups in total. The highest BCUT2D eigenvalue weighted by Crippen LogP contribution is 2.17. The van der Waals surface area contributed by atoms with Crippen LogP contribution in [0.4, 0.5) is 0 Å². The van der Waals surface area contributed by atoms with Gasteiger partial charge in [-0.15, -0.1) is 0 Å². The first-order valence-corrected chi connectivity index (χ1v) is 4.93. The lowest BCUT2D eigenvalue weighted by Gasteiger charge is -2.00. The molecule has 0 fully saturated rings. The minimum atomic E-state index is -0.173. The molecule has 0 aliphatic rings. The van der Waals surface area contributed by atoms with E-state index in [1.165, 1.54) is 6.07 Å². The van der Waals surface area contributed by atoms with Crippen LogP contribution in [-0.2, 0) is 6.61 Å². The Morgan fingerprint density at radius 3 is 2.79 bits per heavy atom. The van der Waals surface area contributed by atoms with Gasteiger partial charge in [-0.1, -0.05) is 11.8 Å². The molecule has 0 atom stereocenters. The molecule has 0 heterocycles. The van der Waals surface area contributed by atoms with Crippen molar-refractivity contribution in [2.75, 3.05) is 5.75 Å². The van der Waals surface area contributed by atoms with E-state index in [2.05, 4.69) is 24.5 Å². The van der Waals surface area contributed by atoms with Crippen LogP contribution >= 0.6 is 12.6 Å². The van der Waals surface area contributed by atoms with E-state index in [0.717, 1.165) is 17.7 Å². The van der Waals surface area contributed by atoms with Crippen LogP contribution in [0.5, 0.6) is 5.75 Å². The van der Waals surface area contributed by atoms with Gasteiger partial charge in [-0.3, -0.25) is 0 Å². The molecule has 0 saturated heterocycles. The molecule has 3 heteroatoms. The second kappa shape index (κ2) is 5.58. The van der Waals surface area contributed by atoms with E-state index in [-0.39, 0.29) is 12.4 Å². The van der Waals surface area contributed by atoms with Crippen LogP contribution in [0.25, 0.3) is 0 Å². The lowest BCUT2D eigenvalue weighted by Crippen LogP contribution is -1.85. The van der Waals surface area contributed by atoms with Gasteiger partial charge in [-0.05, 0) is 18.2 Å². The monoisotopic (exact) mass is 208 g/mol. The second-order valence-electron chi connectivity index (χ2n) is 2.78. The Kier molecular flexibility index (Phi) is 4.37. The molecule has 0 bridgehead atoms. The minimum Gasteiger partial charge on any atom is -0.508 e. The fraction of sp³-hybridized carbons (Fsp3) is 0.273. The Bertz CT molecular complexity index is 363. The van der Waals surface area contributed by atoms with E-state index in [0.29, 0.717) is 5.56 Å². The second-order valence-corrected chi connectivity index (χ2v) is 3.22. The summed E-state index contributed by atoms with van der Waals surface area (Å²) in [6.07, 6.45) is 0.735. The van der Waals surface area contributed by atoms with Crippen LogP contribution in [0, 0.1) is 11.8 Å². The molecule has 0 unspecified atom stereocenters. The third-order valence-electron chi connectivity index (χ3n) is 1.72. The van der Waals surface area contributed by atoms with Gasteiger partial charge < -0.3 is 10.2 Å². The summed E-state index contributed by atoms with van der Waals surface area (Å²) in [7, 11) is 0. The van der Waals surface area contributed by atoms with Gasteiger partial charge in [-0.25, -0.2) is 0 Å². The molecule has 1 rings (SSSR count). The summed E-state index contributed by atoms with van der Waals surface area (Å²) in [6.45, 7) is -0.173. The normalized spacial score (nSPS) is 9.29. The number of thiol groups is 1. The maximum Gasteiger partial charge on any atom is 0.121 e. The minimum absolute atomic E-state index is 0.104. The summed E-state index contributed by atoms with van der Waals surface area (Å²) in [4.78, 5) is 0. The van der Waals surface area contributed by atoms with Gasteiger partial charge in [0.2, 0.25) is 0 Å². The van der Waals surface area contributed by atoms with Crippen LogP contribution in [-0.4, -0.2) is 16.0 Å². The average molecular weight is 208 g/mol. The molecular formula is C11H12O2S. The molecule has 1 aromatic carbocycles. The van der Waals surface area contributed by atoms with Crippen molar-refractivity contribution < 1.29 is 10.2 Å². The number of aliphatic hydroxyl groups is 1. The zero-order valence-corrected chi connectivity index (χ0v) is 8.59. The molecule has 1 aromatic rings. The molecule has 74 valence electrons. The quantitative estimate of drug-likeness (QED) is 0.510. The number of benzene rings is 1. The number of rotatable bonds is 2. The molecule has 0 saturated carbocycles. The SMILES string of the molecule is OCc1cc(C#CCCS)ccc1O. The maximum absolute atomic E-state index is 9.29. The summed E-state index contributed by atoms with van der Waals surface area (Å²) in [6, 6.07) is 4.94. The Hall–Kier alpha value is -1.11. The van der Waals surface area contributed by atoms with E-state index < -0.39 is 0 Å². The smallest absolute Gasteiger partial charge is 0.121 e. The molecule has 14 heavy (non-hydrogen) atoms. The van der Waals surface area contributed by atoms with Crippen molar-refractivity contribution in [3.63, 3.8) is 0 Å². The zero-order valence-electron chi connectivity index (χ0n) is 7.70. The van der Waals surface area contributed by atoms with Gasteiger partial charge in [0.05, 0.1) is 6.61 Å². The first-order valence-electron chi connectivity index (χ1n) is 4.30. The van der Waals surface area contributed by atoms with Crippen molar-refractivity contribution in [3.8, 4) is 17.6 Å². The third-order valence-corrected chi connectivity index (χ3v) is 1.94. The predicted octanol–water partition coefficient (Wildman–Crippen LogP) is 1.56. The fourth-order valence-electron chi connectivity index (χ4n) is 1.01. The largest absolute Gasteiger partial charge is 0.508 e. The molecule has 0 radical (unpaired) electrons. The average Bonchev–Trinajstić information content (AvgIpc) is 2.21. The Balaban J connectivity index is 2.86. The molecule has 0 aromatic heterocycles. The van der Waals surface area contributed by atoms with Crippen molar-refractivity contribution in [2.24, 2.45) is 0 Å². The molecule has 0 spiro atoms. The lowest BCUT2D eigenvalue weighted by atomic mass is 10.1. The summed E-state index contributed by atoms with van der Waals surface area (Å²) < 4.78 is 0. The molecule has 0 aliphatic carbocycles. The van der Waals surface area contributed by atoms with E-state index in [1.54, 1.807) is 12.1 Å². The van der Waals surface area contributed by atoms with Crippen molar-refractivity contribution >= 4 is 12.6 Å². The fourth-order valence-corrected chi connectivity index (χ4v) is 1.12. The van der Waals surface area contributed by atoms with Crippen molar-refractivity contribution in [3.05, 3.63) is 29.3 Å². The first kappa shape index (κ1) is 11.0. The highest BCUT2D eigenvalue weighted by Gasteiger charge is 1.99. The summed E-state index contributed by atoms with van der Waals surface area (Å²) in [5.41, 5.74) is 1.30. The van der Waals surface area contributed by atoms with Crippen LogP contribution in [0.15, 0.2) is 18.2 Å². The van der Waals surface area contributed by atoms with E-state index in [1.807, 2.05) is 0 Å². The van der Waals surface area contributed by atoms with E-state index >= 15 is 0 Å². The van der Waals surface area contributed by atoms with Gasteiger partial charge in [0.25, 0.3) is 0 Å². The topological polar surface area (TPSA) is 40.5 Å². The molecular weight excluding hydrogens is 196 g/mol. The van der Waals surface area contributed by atoms with Crippen LogP contribution < -0.4 is 0 Å². The zero-order chi connectivity index (χ0) is 10.4. The maximum atomic E-state index is 9.29. The molecule has 2 nitrogen and oxygen atoms in total. The van der Waals surface area contributed by atoms with E-state index in [4.69, 9.17) is 5.11 Å². The predicted molar refractivity (Wildman–Crippen MR) is 59.4 cm³/mol. The molecule has 0 aliphatic heterocycles. The van der Waals surface area contributed by atoms with E-state index in [9.17, 15) is 5.11 Å². The summed E-state index contributed by atoms with van der Waals surface area (Å²) in [5.74, 6) is 6.70. The summed E-state index contributed by atoms with van der Waals surface area (Å²) in [5, 5.41) is 18.2. The van der Waals surface area contributed by atoms with Gasteiger partial charge in [-0.2, -0.15) is 12.6 Å². The first-order chi connectivity index (χ1) is 6.77. The van der Waals surface area contributed by atoms with Crippen molar-refractivity contribution in [1.82, 2.24) is 0 Å². The van der Waals surface area contributed by atoms with Gasteiger partial charge in [0.1, 0.15) is 5.75 Å². The number of hydrogen-bond donors (Lipinski definition) is 3. The molecule has 0 amide bonds. The van der Waals surface area contributed by atoms with Crippen LogP contribution in [0.3, 0.4) is 0 Å². The lowest BCUT2D eigenvalue weighted by molar-refractivity contribution is 0.275. The number of aromatic hydroxyl groups is 1. The third kappa shape index (κ3) is 2.99. The van der Waals surface area contributed by atoms with Crippen molar-refractivity contribution in [2.45, 2.75) is 13.0 Å². The summed E-state index contributed by atoms with van der Waals surface area (Å²) >= 11 is 4.04. The standard InChI is InChI=1S/C11H12O2S/c12-8-10-7-9(3-1-2-6-14)4-5-11(10)13/h4-5,7,12-14H,2,6,8H2. The van der Waals surface area contributed by atoms with Gasteiger partial charge in [0, 0.05) is 23.3 Å². The Labute approximate surface area is 89.0 Å². The van der Waals surface area contributed by atoms with Crippen LogP contribution in [0.2, 0.25) is 0 Å². The number of phenols is 1. The van der Waals surface area contributed by atoms with Crippen LogP contribution in [0.1, 0.15) is 17.5 Å². The van der Waals surface area contributed by atoms with Crippen molar-refractivity contribution in [1.29, 1.82) is 0 Å². The number of hydrogen-bond acceptors (Lipinski definition) is 3. The Morgan fingerprint density at radius 1 is 1.36 bits per heavy atom. The van der Waals surface area contributed by atoms with Gasteiger partial charge >= 0.3 is 0 Å². The highest BCUT2D eigenvalue weighted by atomic mass is 32.1. The Morgan fingerprint density at radius 2 is 2.14 bits per heavy atom. The van der Waals surface area contributed by atoms with Gasteiger partial charge in [0.15, 0.2) is 0 Å². The highest BCUT2D eigenvalue weighted by molar-refractivity contribution is 7.80.